The zero-order valence-corrected chi connectivity index (χ0v) is 12.9. The lowest BCUT2D eigenvalue weighted by Gasteiger charge is -2.25. The molecule has 0 saturated carbocycles. The van der Waals surface area contributed by atoms with Crippen LogP contribution in [-0.2, 0) is 14.8 Å². The Hall–Kier alpha value is -1.66. The van der Waals surface area contributed by atoms with E-state index >= 15 is 0 Å². The number of piperidine rings is 1. The number of sulfonamides is 1. The van der Waals surface area contributed by atoms with Crippen LogP contribution < -0.4 is 5.32 Å². The topological polar surface area (TPSA) is 66.5 Å². The number of nitrogens with one attached hydrogen (secondary N) is 1. The third kappa shape index (κ3) is 3.92. The van der Waals surface area contributed by atoms with Crippen molar-refractivity contribution in [3.8, 4) is 0 Å². The summed E-state index contributed by atoms with van der Waals surface area (Å²) < 4.78 is 26.5. The van der Waals surface area contributed by atoms with Gasteiger partial charge >= 0.3 is 0 Å². The van der Waals surface area contributed by atoms with E-state index in [9.17, 15) is 13.2 Å². The first-order valence-corrected chi connectivity index (χ1v) is 8.48. The van der Waals surface area contributed by atoms with Crippen LogP contribution in [-0.4, -0.2) is 38.8 Å². The van der Waals surface area contributed by atoms with Crippen molar-refractivity contribution in [3.05, 3.63) is 35.9 Å². The second-order valence-corrected chi connectivity index (χ2v) is 6.92. The van der Waals surface area contributed by atoms with Crippen molar-refractivity contribution < 1.29 is 13.2 Å². The molecule has 0 bridgehead atoms. The van der Waals surface area contributed by atoms with Crippen LogP contribution in [0.2, 0.25) is 0 Å². The lowest BCUT2D eigenvalue weighted by molar-refractivity contribution is -0.115. The molecule has 1 N–H and O–H groups in total. The van der Waals surface area contributed by atoms with Crippen LogP contribution in [0.5, 0.6) is 0 Å². The first kappa shape index (κ1) is 15.7. The van der Waals surface area contributed by atoms with Crippen molar-refractivity contribution in [1.82, 2.24) is 9.62 Å². The zero-order chi connectivity index (χ0) is 15.3. The maximum Gasteiger partial charge on any atom is 0.243 e. The van der Waals surface area contributed by atoms with Gasteiger partial charge in [-0.1, -0.05) is 18.6 Å². The predicted molar refractivity (Wildman–Crippen MR) is 82.2 cm³/mol. The van der Waals surface area contributed by atoms with Gasteiger partial charge in [-0.2, -0.15) is 4.31 Å². The van der Waals surface area contributed by atoms with Crippen LogP contribution in [0.25, 0.3) is 6.08 Å². The fourth-order valence-corrected chi connectivity index (χ4v) is 3.78. The highest BCUT2D eigenvalue weighted by atomic mass is 32.2. The van der Waals surface area contributed by atoms with E-state index in [-0.39, 0.29) is 5.91 Å². The van der Waals surface area contributed by atoms with Gasteiger partial charge in [0.15, 0.2) is 0 Å². The standard InChI is InChI=1S/C15H20N2O3S/c1-16-15(18)10-7-13-5-8-14(9-6-13)21(19,20)17-11-3-2-4-12-17/h5-10H,2-4,11-12H2,1H3,(H,16,18). The molecule has 1 aromatic rings. The molecule has 5 nitrogen and oxygen atoms in total. The van der Waals surface area contributed by atoms with Gasteiger partial charge in [0.25, 0.3) is 0 Å². The summed E-state index contributed by atoms with van der Waals surface area (Å²) in [5.74, 6) is -0.194. The summed E-state index contributed by atoms with van der Waals surface area (Å²) in [6.07, 6.45) is 6.00. The SMILES string of the molecule is CNC(=O)C=Cc1ccc(S(=O)(=O)N2CCCCC2)cc1. The highest BCUT2D eigenvalue weighted by Gasteiger charge is 2.25. The average molecular weight is 308 g/mol. The van der Waals surface area contributed by atoms with Gasteiger partial charge in [-0.15, -0.1) is 0 Å². The number of nitrogens with zero attached hydrogens (tertiary/aromatic N) is 1. The van der Waals surface area contributed by atoms with E-state index in [0.29, 0.717) is 18.0 Å². The van der Waals surface area contributed by atoms with Gasteiger partial charge in [-0.25, -0.2) is 8.42 Å². The maximum atomic E-state index is 12.5. The number of rotatable bonds is 4. The molecule has 0 unspecified atom stereocenters. The van der Waals surface area contributed by atoms with E-state index in [1.165, 1.54) is 6.08 Å². The molecule has 1 amide bonds. The molecule has 0 aromatic heterocycles. The van der Waals surface area contributed by atoms with Crippen molar-refractivity contribution in [1.29, 1.82) is 0 Å². The lowest BCUT2D eigenvalue weighted by Crippen LogP contribution is -2.35. The Morgan fingerprint density at radius 2 is 1.76 bits per heavy atom. The second kappa shape index (κ2) is 6.87. The van der Waals surface area contributed by atoms with E-state index < -0.39 is 10.0 Å². The minimum Gasteiger partial charge on any atom is -0.356 e. The van der Waals surface area contributed by atoms with Gasteiger partial charge in [0.05, 0.1) is 4.90 Å². The largest absolute Gasteiger partial charge is 0.356 e. The van der Waals surface area contributed by atoms with Crippen LogP contribution >= 0.6 is 0 Å². The Balaban J connectivity index is 2.14. The number of carbonyl (C=O) groups excluding carboxylic acids is 1. The zero-order valence-electron chi connectivity index (χ0n) is 12.1. The summed E-state index contributed by atoms with van der Waals surface area (Å²) in [4.78, 5) is 11.4. The molecule has 0 radical (unpaired) electrons. The molecule has 1 heterocycles. The summed E-state index contributed by atoms with van der Waals surface area (Å²) in [7, 11) is -1.83. The van der Waals surface area contributed by atoms with Crippen molar-refractivity contribution in [2.75, 3.05) is 20.1 Å². The predicted octanol–water partition coefficient (Wildman–Crippen LogP) is 1.62. The van der Waals surface area contributed by atoms with Crippen LogP contribution in [0.15, 0.2) is 35.2 Å². The van der Waals surface area contributed by atoms with E-state index in [0.717, 1.165) is 24.8 Å². The molecule has 21 heavy (non-hydrogen) atoms. The number of benzene rings is 1. The minimum atomic E-state index is -3.38. The number of carbonyl (C=O) groups is 1. The van der Waals surface area contributed by atoms with Gasteiger partial charge in [0.1, 0.15) is 0 Å². The summed E-state index contributed by atoms with van der Waals surface area (Å²) in [5.41, 5.74) is 0.788. The molecular weight excluding hydrogens is 288 g/mol. The van der Waals surface area contributed by atoms with Crippen LogP contribution in [0.4, 0.5) is 0 Å². The fourth-order valence-electron chi connectivity index (χ4n) is 2.26. The van der Waals surface area contributed by atoms with Crippen LogP contribution in [0.3, 0.4) is 0 Å². The normalized spacial score (nSPS) is 17.0. The smallest absolute Gasteiger partial charge is 0.243 e. The van der Waals surface area contributed by atoms with E-state index in [4.69, 9.17) is 0 Å². The molecule has 1 fully saturated rings. The summed E-state index contributed by atoms with van der Waals surface area (Å²) >= 11 is 0. The van der Waals surface area contributed by atoms with Gasteiger partial charge < -0.3 is 5.32 Å². The molecule has 0 aliphatic carbocycles. The van der Waals surface area contributed by atoms with E-state index in [2.05, 4.69) is 5.32 Å². The second-order valence-electron chi connectivity index (χ2n) is 4.98. The molecule has 1 aliphatic heterocycles. The van der Waals surface area contributed by atoms with Crippen molar-refractivity contribution >= 4 is 22.0 Å². The number of hydrogen-bond donors (Lipinski definition) is 1. The Labute approximate surface area is 125 Å². The van der Waals surface area contributed by atoms with Gasteiger partial charge in [0.2, 0.25) is 15.9 Å². The fraction of sp³-hybridized carbons (Fsp3) is 0.400. The third-order valence-electron chi connectivity index (χ3n) is 3.51. The number of hydrogen-bond acceptors (Lipinski definition) is 3. The van der Waals surface area contributed by atoms with Gasteiger partial charge in [0, 0.05) is 26.2 Å². The molecule has 1 aromatic carbocycles. The van der Waals surface area contributed by atoms with Crippen molar-refractivity contribution in [3.63, 3.8) is 0 Å². The summed E-state index contributed by atoms with van der Waals surface area (Å²) in [6.45, 7) is 1.20. The molecule has 1 aliphatic rings. The quantitative estimate of drug-likeness (QED) is 0.860. The monoisotopic (exact) mass is 308 g/mol. The number of amides is 1. The molecule has 114 valence electrons. The van der Waals surface area contributed by atoms with Gasteiger partial charge in [-0.05, 0) is 36.6 Å². The molecule has 1 saturated heterocycles. The van der Waals surface area contributed by atoms with E-state index in [1.807, 2.05) is 0 Å². The van der Waals surface area contributed by atoms with Crippen molar-refractivity contribution in [2.24, 2.45) is 0 Å². The Kier molecular flexibility index (Phi) is 5.14. The highest BCUT2D eigenvalue weighted by molar-refractivity contribution is 7.89. The Bertz CT molecular complexity index is 615. The highest BCUT2D eigenvalue weighted by Crippen LogP contribution is 2.21. The Morgan fingerprint density at radius 3 is 2.33 bits per heavy atom. The van der Waals surface area contributed by atoms with Crippen molar-refractivity contribution in [2.45, 2.75) is 24.2 Å². The molecular formula is C15H20N2O3S. The van der Waals surface area contributed by atoms with Crippen LogP contribution in [0, 0.1) is 0 Å². The molecule has 6 heteroatoms. The molecule has 2 rings (SSSR count). The number of likely N-dealkylation sites (N-methyl/N-ethyl adjacent to an activating group) is 1. The third-order valence-corrected chi connectivity index (χ3v) is 5.42. The summed E-state index contributed by atoms with van der Waals surface area (Å²) in [6, 6.07) is 6.59. The summed E-state index contributed by atoms with van der Waals surface area (Å²) in [5, 5.41) is 2.49. The first-order valence-electron chi connectivity index (χ1n) is 7.04. The average Bonchev–Trinajstić information content (AvgIpc) is 2.53. The van der Waals surface area contributed by atoms with E-state index in [1.54, 1.807) is 41.7 Å². The molecule has 0 atom stereocenters. The van der Waals surface area contributed by atoms with Crippen LogP contribution in [0.1, 0.15) is 24.8 Å². The lowest BCUT2D eigenvalue weighted by atomic mass is 10.2. The molecule has 0 spiro atoms. The Morgan fingerprint density at radius 1 is 1.14 bits per heavy atom. The minimum absolute atomic E-state index is 0.194. The first-order chi connectivity index (χ1) is 10.0. The van der Waals surface area contributed by atoms with Gasteiger partial charge in [-0.3, -0.25) is 4.79 Å². The maximum absolute atomic E-state index is 12.5.